The summed E-state index contributed by atoms with van der Waals surface area (Å²) in [6.07, 6.45) is 1.44. The van der Waals surface area contributed by atoms with Crippen molar-refractivity contribution in [3.05, 3.63) is 23.8 Å². The highest BCUT2D eigenvalue weighted by Gasteiger charge is 2.03. The van der Waals surface area contributed by atoms with Crippen LogP contribution in [-0.4, -0.2) is 26.0 Å². The van der Waals surface area contributed by atoms with Gasteiger partial charge in [0.25, 0.3) is 0 Å². The van der Waals surface area contributed by atoms with Gasteiger partial charge in [-0.25, -0.2) is 10.2 Å². The van der Waals surface area contributed by atoms with E-state index in [-0.39, 0.29) is 0 Å². The Morgan fingerprint density at radius 1 is 1.59 bits per heavy atom. The van der Waals surface area contributed by atoms with Gasteiger partial charge in [-0.05, 0) is 25.1 Å². The molecule has 0 radical (unpaired) electrons. The van der Waals surface area contributed by atoms with Gasteiger partial charge in [0.05, 0.1) is 19.9 Å². The molecule has 0 saturated carbocycles. The normalized spacial score (nSPS) is 10.2. The summed E-state index contributed by atoms with van der Waals surface area (Å²) in [7, 11) is 1.57. The molecule has 0 aliphatic heterocycles. The number of methoxy groups -OCH3 is 1. The molecule has 6 heteroatoms. The molecule has 0 fully saturated rings. The highest BCUT2D eigenvalue weighted by molar-refractivity contribution is 5.85. The molecular formula is C11H15N3O3. The standard InChI is InChI=1S/C11H15N3O3/c1-3-17-10-5-4-9(16-2)6-8(10)7-13-14-11(12)15/h4-7H,3H2,1-2H3,(H3,12,14,15)/b13-7+. The fourth-order valence-corrected chi connectivity index (χ4v) is 1.21. The molecule has 0 bridgehead atoms. The maximum absolute atomic E-state index is 10.5. The van der Waals surface area contributed by atoms with Crippen molar-refractivity contribution in [1.29, 1.82) is 0 Å². The third-order valence-corrected chi connectivity index (χ3v) is 1.90. The number of nitrogens with zero attached hydrogens (tertiary/aromatic N) is 1. The van der Waals surface area contributed by atoms with Crippen LogP contribution in [0.15, 0.2) is 23.3 Å². The van der Waals surface area contributed by atoms with E-state index >= 15 is 0 Å². The van der Waals surface area contributed by atoms with Crippen molar-refractivity contribution in [2.75, 3.05) is 13.7 Å². The van der Waals surface area contributed by atoms with E-state index in [1.165, 1.54) is 6.21 Å². The Labute approximate surface area is 99.4 Å². The monoisotopic (exact) mass is 237 g/mol. The van der Waals surface area contributed by atoms with Gasteiger partial charge >= 0.3 is 6.03 Å². The van der Waals surface area contributed by atoms with Gasteiger partial charge < -0.3 is 15.2 Å². The second kappa shape index (κ2) is 6.37. The lowest BCUT2D eigenvalue weighted by atomic mass is 10.2. The summed E-state index contributed by atoms with van der Waals surface area (Å²) in [5, 5.41) is 3.67. The number of ether oxygens (including phenoxy) is 2. The lowest BCUT2D eigenvalue weighted by Crippen LogP contribution is -2.24. The molecule has 0 aliphatic rings. The first-order chi connectivity index (χ1) is 8.17. The number of hydrogen-bond donors (Lipinski definition) is 2. The van der Waals surface area contributed by atoms with Gasteiger partial charge in [0.1, 0.15) is 11.5 Å². The fourth-order valence-electron chi connectivity index (χ4n) is 1.21. The van der Waals surface area contributed by atoms with Gasteiger partial charge in [0.2, 0.25) is 0 Å². The van der Waals surface area contributed by atoms with Crippen molar-refractivity contribution >= 4 is 12.2 Å². The van der Waals surface area contributed by atoms with Crippen LogP contribution in [0.4, 0.5) is 4.79 Å². The number of carbonyl (C=O) groups excluding carboxylic acids is 1. The predicted octanol–water partition coefficient (Wildman–Crippen LogP) is 1.10. The van der Waals surface area contributed by atoms with Crippen molar-refractivity contribution in [2.24, 2.45) is 10.8 Å². The number of benzene rings is 1. The molecule has 0 unspecified atom stereocenters. The topological polar surface area (TPSA) is 85.9 Å². The average molecular weight is 237 g/mol. The van der Waals surface area contributed by atoms with E-state index in [0.717, 1.165) is 0 Å². The van der Waals surface area contributed by atoms with E-state index in [1.807, 2.05) is 6.92 Å². The molecule has 1 aromatic rings. The molecule has 2 amide bonds. The molecule has 0 heterocycles. The maximum Gasteiger partial charge on any atom is 0.332 e. The van der Waals surface area contributed by atoms with Crippen molar-refractivity contribution in [2.45, 2.75) is 6.92 Å². The number of hydrazone groups is 1. The second-order valence-electron chi connectivity index (χ2n) is 3.07. The maximum atomic E-state index is 10.5. The van der Waals surface area contributed by atoms with Gasteiger partial charge in [0.15, 0.2) is 0 Å². The van der Waals surface area contributed by atoms with Crippen molar-refractivity contribution in [3.63, 3.8) is 0 Å². The van der Waals surface area contributed by atoms with Gasteiger partial charge in [-0.1, -0.05) is 0 Å². The largest absolute Gasteiger partial charge is 0.497 e. The summed E-state index contributed by atoms with van der Waals surface area (Å²) in [6.45, 7) is 2.42. The molecule has 17 heavy (non-hydrogen) atoms. The molecule has 0 saturated heterocycles. The van der Waals surface area contributed by atoms with Gasteiger partial charge in [-0.3, -0.25) is 0 Å². The van der Waals surface area contributed by atoms with E-state index < -0.39 is 6.03 Å². The van der Waals surface area contributed by atoms with Crippen LogP contribution in [-0.2, 0) is 0 Å². The van der Waals surface area contributed by atoms with E-state index in [9.17, 15) is 4.79 Å². The van der Waals surface area contributed by atoms with Crippen LogP contribution >= 0.6 is 0 Å². The van der Waals surface area contributed by atoms with E-state index in [0.29, 0.717) is 23.7 Å². The molecule has 1 rings (SSSR count). The SMILES string of the molecule is CCOc1ccc(OC)cc1/C=N/NC(N)=O. The lowest BCUT2D eigenvalue weighted by molar-refractivity contribution is 0.249. The molecule has 0 spiro atoms. The van der Waals surface area contributed by atoms with Crippen LogP contribution in [0.5, 0.6) is 11.5 Å². The Morgan fingerprint density at radius 3 is 2.94 bits per heavy atom. The van der Waals surface area contributed by atoms with E-state index in [4.69, 9.17) is 15.2 Å². The number of urea groups is 1. The number of primary amides is 1. The van der Waals surface area contributed by atoms with Crippen molar-refractivity contribution in [3.8, 4) is 11.5 Å². The first kappa shape index (κ1) is 12.8. The number of nitrogens with two attached hydrogens (primary N) is 1. The van der Waals surface area contributed by atoms with E-state index in [2.05, 4.69) is 10.5 Å². The average Bonchev–Trinajstić information content (AvgIpc) is 2.31. The molecule has 0 atom stereocenters. The smallest absolute Gasteiger partial charge is 0.332 e. The summed E-state index contributed by atoms with van der Waals surface area (Å²) in [6, 6.07) is 4.58. The highest BCUT2D eigenvalue weighted by atomic mass is 16.5. The summed E-state index contributed by atoms with van der Waals surface area (Å²) >= 11 is 0. The molecule has 3 N–H and O–H groups in total. The van der Waals surface area contributed by atoms with Crippen molar-refractivity contribution < 1.29 is 14.3 Å². The fraction of sp³-hybridized carbons (Fsp3) is 0.273. The van der Waals surface area contributed by atoms with Crippen LogP contribution < -0.4 is 20.6 Å². The first-order valence-corrected chi connectivity index (χ1v) is 5.06. The Bertz CT molecular complexity index is 418. The number of amides is 2. The third-order valence-electron chi connectivity index (χ3n) is 1.90. The lowest BCUT2D eigenvalue weighted by Gasteiger charge is -2.08. The quantitative estimate of drug-likeness (QED) is 0.593. The molecule has 0 aromatic heterocycles. The minimum atomic E-state index is -0.720. The number of hydrogen-bond acceptors (Lipinski definition) is 4. The summed E-state index contributed by atoms with van der Waals surface area (Å²) in [4.78, 5) is 10.5. The molecule has 0 aliphatic carbocycles. The molecular weight excluding hydrogens is 222 g/mol. The first-order valence-electron chi connectivity index (χ1n) is 5.06. The Hall–Kier alpha value is -2.24. The van der Waals surface area contributed by atoms with Crippen molar-refractivity contribution in [1.82, 2.24) is 5.43 Å². The Morgan fingerprint density at radius 2 is 2.35 bits per heavy atom. The van der Waals surface area contributed by atoms with Crippen LogP contribution in [0.2, 0.25) is 0 Å². The predicted molar refractivity (Wildman–Crippen MR) is 64.5 cm³/mol. The Balaban J connectivity index is 2.91. The van der Waals surface area contributed by atoms with Crippen LogP contribution in [0.1, 0.15) is 12.5 Å². The number of carbonyl (C=O) groups is 1. The zero-order chi connectivity index (χ0) is 12.7. The third kappa shape index (κ3) is 4.02. The molecule has 1 aromatic carbocycles. The van der Waals surface area contributed by atoms with Gasteiger partial charge in [-0.15, -0.1) is 0 Å². The zero-order valence-electron chi connectivity index (χ0n) is 9.77. The minimum absolute atomic E-state index is 0.538. The van der Waals surface area contributed by atoms with Crippen LogP contribution in [0.3, 0.4) is 0 Å². The second-order valence-corrected chi connectivity index (χ2v) is 3.07. The zero-order valence-corrected chi connectivity index (χ0v) is 9.77. The molecule has 6 nitrogen and oxygen atoms in total. The number of nitrogens with one attached hydrogen (secondary N) is 1. The minimum Gasteiger partial charge on any atom is -0.497 e. The number of rotatable bonds is 5. The summed E-state index contributed by atoms with van der Waals surface area (Å²) in [5.74, 6) is 1.33. The van der Waals surface area contributed by atoms with E-state index in [1.54, 1.807) is 25.3 Å². The summed E-state index contributed by atoms with van der Waals surface area (Å²) < 4.78 is 10.5. The van der Waals surface area contributed by atoms with Gasteiger partial charge in [-0.2, -0.15) is 5.10 Å². The molecule has 92 valence electrons. The Kier molecular flexibility index (Phi) is 4.80. The van der Waals surface area contributed by atoms with Crippen LogP contribution in [0.25, 0.3) is 0 Å². The van der Waals surface area contributed by atoms with Crippen LogP contribution in [0, 0.1) is 0 Å². The highest BCUT2D eigenvalue weighted by Crippen LogP contribution is 2.22. The summed E-state index contributed by atoms with van der Waals surface area (Å²) in [5.41, 5.74) is 7.70. The van der Waals surface area contributed by atoms with Gasteiger partial charge in [0, 0.05) is 5.56 Å².